The molecule has 2 aliphatic heterocycles. The van der Waals surface area contributed by atoms with Crippen molar-refractivity contribution in [3.8, 4) is 0 Å². The Morgan fingerprint density at radius 1 is 1.07 bits per heavy atom. The average Bonchev–Trinajstić information content (AvgIpc) is 3.47. The van der Waals surface area contributed by atoms with E-state index in [2.05, 4.69) is 22.5 Å². The molecule has 6 heteroatoms. The third-order valence-electron chi connectivity index (χ3n) is 6.87. The summed E-state index contributed by atoms with van der Waals surface area (Å²) in [5.74, 6) is 0.821. The van der Waals surface area contributed by atoms with Crippen LogP contribution in [0.5, 0.6) is 0 Å². The summed E-state index contributed by atoms with van der Waals surface area (Å²) in [6.07, 6.45) is 8.61. The lowest BCUT2D eigenvalue weighted by Gasteiger charge is -2.33. The van der Waals surface area contributed by atoms with Crippen LogP contribution in [0.15, 0.2) is 18.2 Å². The van der Waals surface area contributed by atoms with Crippen molar-refractivity contribution in [1.29, 1.82) is 0 Å². The molecular formula is C24H35N3O3. The number of nitrogens with one attached hydrogen (secondary N) is 2. The van der Waals surface area contributed by atoms with Gasteiger partial charge in [-0.1, -0.05) is 19.8 Å². The Hall–Kier alpha value is -2.08. The zero-order chi connectivity index (χ0) is 20.9. The van der Waals surface area contributed by atoms with E-state index in [4.69, 9.17) is 4.74 Å². The lowest BCUT2D eigenvalue weighted by atomic mass is 9.97. The lowest BCUT2D eigenvalue weighted by Crippen LogP contribution is -2.36. The van der Waals surface area contributed by atoms with Crippen molar-refractivity contribution in [2.75, 3.05) is 36.5 Å². The number of rotatable bonds is 6. The minimum atomic E-state index is -0.0870. The number of benzene rings is 1. The summed E-state index contributed by atoms with van der Waals surface area (Å²) in [6, 6.07) is 5.80. The summed E-state index contributed by atoms with van der Waals surface area (Å²) >= 11 is 0. The van der Waals surface area contributed by atoms with Gasteiger partial charge < -0.3 is 20.3 Å². The van der Waals surface area contributed by atoms with Crippen molar-refractivity contribution in [3.63, 3.8) is 0 Å². The van der Waals surface area contributed by atoms with Gasteiger partial charge in [-0.25, -0.2) is 0 Å². The molecule has 30 heavy (non-hydrogen) atoms. The Balaban J connectivity index is 1.50. The maximum atomic E-state index is 13.1. The summed E-state index contributed by atoms with van der Waals surface area (Å²) in [6.45, 7) is 5.52. The summed E-state index contributed by atoms with van der Waals surface area (Å²) in [7, 11) is 0. The van der Waals surface area contributed by atoms with E-state index in [1.165, 1.54) is 0 Å². The Bertz CT molecular complexity index is 746. The molecule has 2 saturated heterocycles. The van der Waals surface area contributed by atoms with Crippen molar-refractivity contribution in [2.45, 2.75) is 64.4 Å². The summed E-state index contributed by atoms with van der Waals surface area (Å²) in [5, 5.41) is 6.11. The highest BCUT2D eigenvalue weighted by Crippen LogP contribution is 2.30. The van der Waals surface area contributed by atoms with E-state index in [1.54, 1.807) is 0 Å². The molecule has 0 bridgehead atoms. The topological polar surface area (TPSA) is 70.7 Å². The van der Waals surface area contributed by atoms with E-state index in [9.17, 15) is 9.59 Å². The van der Waals surface area contributed by atoms with Gasteiger partial charge in [0.05, 0.1) is 11.7 Å². The molecule has 3 aliphatic rings. The normalized spacial score (nSPS) is 23.0. The number of ether oxygens (including phenoxy) is 1. The third kappa shape index (κ3) is 5.15. The second-order valence-electron chi connectivity index (χ2n) is 9.22. The second-order valence-corrected chi connectivity index (χ2v) is 9.22. The molecule has 0 aromatic heterocycles. The SMILES string of the molecule is CC1CCN(c2ccc(NC(=O)C3CCCC3)cc2C(=O)NCC2CCCO2)CC1. The molecule has 6 nitrogen and oxygen atoms in total. The van der Waals surface area contributed by atoms with Gasteiger partial charge in [0.25, 0.3) is 5.91 Å². The molecule has 3 fully saturated rings. The average molecular weight is 414 g/mol. The molecule has 1 aliphatic carbocycles. The lowest BCUT2D eigenvalue weighted by molar-refractivity contribution is -0.119. The molecule has 1 unspecified atom stereocenters. The fourth-order valence-electron chi connectivity index (χ4n) is 4.86. The quantitative estimate of drug-likeness (QED) is 0.741. The predicted molar refractivity (Wildman–Crippen MR) is 119 cm³/mol. The summed E-state index contributed by atoms with van der Waals surface area (Å²) in [4.78, 5) is 28.0. The number of hydrogen-bond donors (Lipinski definition) is 2. The van der Waals surface area contributed by atoms with Crippen molar-refractivity contribution in [1.82, 2.24) is 5.32 Å². The Labute approximate surface area is 179 Å². The van der Waals surface area contributed by atoms with Gasteiger partial charge in [0.2, 0.25) is 5.91 Å². The van der Waals surface area contributed by atoms with Crippen molar-refractivity contribution in [3.05, 3.63) is 23.8 Å². The second kappa shape index (κ2) is 9.82. The minimum Gasteiger partial charge on any atom is -0.376 e. The van der Waals surface area contributed by atoms with E-state index in [0.29, 0.717) is 17.8 Å². The highest BCUT2D eigenvalue weighted by atomic mass is 16.5. The molecule has 0 radical (unpaired) electrons. The Morgan fingerprint density at radius 3 is 2.53 bits per heavy atom. The number of carbonyl (C=O) groups excluding carboxylic acids is 2. The fourth-order valence-corrected chi connectivity index (χ4v) is 4.86. The van der Waals surface area contributed by atoms with Gasteiger partial charge in [0.1, 0.15) is 0 Å². The molecule has 1 aromatic carbocycles. The fraction of sp³-hybridized carbons (Fsp3) is 0.667. The van der Waals surface area contributed by atoms with Crippen LogP contribution in [0.4, 0.5) is 11.4 Å². The smallest absolute Gasteiger partial charge is 0.253 e. The van der Waals surface area contributed by atoms with E-state index in [0.717, 1.165) is 82.7 Å². The monoisotopic (exact) mass is 413 g/mol. The highest BCUT2D eigenvalue weighted by molar-refractivity contribution is 6.02. The van der Waals surface area contributed by atoms with Crippen LogP contribution in [0.1, 0.15) is 68.6 Å². The van der Waals surface area contributed by atoms with Gasteiger partial charge in [0.15, 0.2) is 0 Å². The molecule has 2 N–H and O–H groups in total. The molecule has 1 aromatic rings. The molecule has 1 saturated carbocycles. The van der Waals surface area contributed by atoms with Gasteiger partial charge >= 0.3 is 0 Å². The zero-order valence-corrected chi connectivity index (χ0v) is 18.1. The van der Waals surface area contributed by atoms with Crippen molar-refractivity contribution < 1.29 is 14.3 Å². The van der Waals surface area contributed by atoms with Crippen molar-refractivity contribution >= 4 is 23.2 Å². The first kappa shape index (κ1) is 21.2. The van der Waals surface area contributed by atoms with E-state index >= 15 is 0 Å². The molecular weight excluding hydrogens is 378 g/mol. The zero-order valence-electron chi connectivity index (χ0n) is 18.1. The van der Waals surface area contributed by atoms with Crippen LogP contribution in [0, 0.1) is 11.8 Å². The first-order valence-electron chi connectivity index (χ1n) is 11.7. The van der Waals surface area contributed by atoms with E-state index in [1.807, 2.05) is 18.2 Å². The standard InChI is InChI=1S/C24H35N3O3/c1-17-10-12-27(13-11-17)22-9-8-19(26-23(28)18-5-2-3-6-18)15-21(22)24(29)25-16-20-7-4-14-30-20/h8-9,15,17-18,20H,2-7,10-14,16H2,1H3,(H,25,29)(H,26,28). The van der Waals surface area contributed by atoms with Crippen LogP contribution in [0.3, 0.4) is 0 Å². The molecule has 2 amide bonds. The number of hydrogen-bond acceptors (Lipinski definition) is 4. The maximum absolute atomic E-state index is 13.1. The van der Waals surface area contributed by atoms with Gasteiger partial charge in [-0.05, 0) is 62.6 Å². The Kier molecular flexibility index (Phi) is 6.93. The van der Waals surface area contributed by atoms with Crippen molar-refractivity contribution in [2.24, 2.45) is 11.8 Å². The van der Waals surface area contributed by atoms with Gasteiger partial charge in [-0.2, -0.15) is 0 Å². The number of amides is 2. The van der Waals surface area contributed by atoms with Crippen LogP contribution in [-0.2, 0) is 9.53 Å². The van der Waals surface area contributed by atoms with E-state index < -0.39 is 0 Å². The molecule has 164 valence electrons. The number of piperidine rings is 1. The maximum Gasteiger partial charge on any atom is 0.253 e. The number of nitrogens with zero attached hydrogens (tertiary/aromatic N) is 1. The van der Waals surface area contributed by atoms with Gasteiger partial charge in [-0.15, -0.1) is 0 Å². The van der Waals surface area contributed by atoms with Crippen LogP contribution < -0.4 is 15.5 Å². The Morgan fingerprint density at radius 2 is 1.83 bits per heavy atom. The van der Waals surface area contributed by atoms with Crippen LogP contribution in [0.2, 0.25) is 0 Å². The largest absolute Gasteiger partial charge is 0.376 e. The number of anilines is 2. The first-order chi connectivity index (χ1) is 14.6. The summed E-state index contributed by atoms with van der Waals surface area (Å²) < 4.78 is 5.65. The highest BCUT2D eigenvalue weighted by Gasteiger charge is 2.25. The molecule has 0 spiro atoms. The predicted octanol–water partition coefficient (Wildman–Crippen LogP) is 3.96. The van der Waals surface area contributed by atoms with Crippen LogP contribution >= 0.6 is 0 Å². The molecule has 1 atom stereocenters. The number of carbonyl (C=O) groups is 2. The third-order valence-corrected chi connectivity index (χ3v) is 6.87. The van der Waals surface area contributed by atoms with Crippen LogP contribution in [0.25, 0.3) is 0 Å². The minimum absolute atomic E-state index is 0.0813. The first-order valence-corrected chi connectivity index (χ1v) is 11.7. The summed E-state index contributed by atoms with van der Waals surface area (Å²) in [5.41, 5.74) is 2.32. The van der Waals surface area contributed by atoms with E-state index in [-0.39, 0.29) is 23.8 Å². The molecule has 2 heterocycles. The van der Waals surface area contributed by atoms with Crippen LogP contribution in [-0.4, -0.2) is 44.2 Å². The molecule has 4 rings (SSSR count). The van der Waals surface area contributed by atoms with Gasteiger partial charge in [-0.3, -0.25) is 9.59 Å². The van der Waals surface area contributed by atoms with Gasteiger partial charge in [0, 0.05) is 43.5 Å².